The maximum atomic E-state index is 12.2. The first-order valence-corrected chi connectivity index (χ1v) is 11.1. The van der Waals surface area contributed by atoms with Crippen LogP contribution in [0.4, 0.5) is 0 Å². The number of pyridine rings is 1. The Morgan fingerprint density at radius 2 is 1.93 bits per heavy atom. The highest BCUT2D eigenvalue weighted by Crippen LogP contribution is 2.39. The van der Waals surface area contributed by atoms with E-state index in [1.807, 2.05) is 0 Å². The van der Waals surface area contributed by atoms with Crippen molar-refractivity contribution in [1.82, 2.24) is 15.2 Å². The number of benzene rings is 1. The largest absolute Gasteiger partial charge is 0.370 e. The van der Waals surface area contributed by atoms with Crippen LogP contribution in [-0.4, -0.2) is 47.1 Å². The van der Waals surface area contributed by atoms with Crippen LogP contribution in [-0.2, 0) is 11.3 Å². The molecule has 0 aliphatic carbocycles. The molecule has 1 atom stereocenters. The normalized spacial score (nSPS) is 21.1. The van der Waals surface area contributed by atoms with Crippen molar-refractivity contribution < 1.29 is 9.53 Å². The van der Waals surface area contributed by atoms with Gasteiger partial charge in [0, 0.05) is 38.6 Å². The summed E-state index contributed by atoms with van der Waals surface area (Å²) in [5.41, 5.74) is 6.17. The van der Waals surface area contributed by atoms with Crippen molar-refractivity contribution in [2.24, 2.45) is 0 Å². The maximum Gasteiger partial charge on any atom is 0.252 e. The number of nitrogens with one attached hydrogen (secondary N) is 1. The van der Waals surface area contributed by atoms with Gasteiger partial charge in [-0.2, -0.15) is 0 Å². The molecule has 2 fully saturated rings. The number of ether oxygens (including phenoxy) is 1. The Balaban J connectivity index is 1.26. The van der Waals surface area contributed by atoms with E-state index < -0.39 is 0 Å². The Labute approximate surface area is 179 Å². The monoisotopic (exact) mass is 407 g/mol. The van der Waals surface area contributed by atoms with E-state index in [2.05, 4.69) is 48.1 Å². The second-order valence-electron chi connectivity index (χ2n) is 9.05. The quantitative estimate of drug-likeness (QED) is 0.815. The third-order valence-electron chi connectivity index (χ3n) is 6.87. The second kappa shape index (κ2) is 8.86. The minimum Gasteiger partial charge on any atom is -0.370 e. The summed E-state index contributed by atoms with van der Waals surface area (Å²) in [5, 5.41) is 3.01. The second-order valence-corrected chi connectivity index (χ2v) is 9.05. The van der Waals surface area contributed by atoms with E-state index in [1.165, 1.54) is 22.3 Å². The standard InChI is InChI=1S/C25H33N3O2/c1-18-13-20(3)22(14-19(18)2)17-28-11-8-25(9-12-28)7-6-23(30-25)16-27-24(29)21-5-4-10-26-15-21/h4-5,10,13-15,23H,6-9,11-12,16-17H2,1-3H3,(H,27,29). The molecule has 1 spiro atoms. The summed E-state index contributed by atoms with van der Waals surface area (Å²) in [7, 11) is 0. The van der Waals surface area contributed by atoms with Gasteiger partial charge in [-0.05, 0) is 80.8 Å². The minimum absolute atomic E-state index is 0.00155. The number of hydrogen-bond acceptors (Lipinski definition) is 4. The highest BCUT2D eigenvalue weighted by molar-refractivity contribution is 5.93. The zero-order chi connectivity index (χ0) is 21.1. The Morgan fingerprint density at radius 1 is 1.17 bits per heavy atom. The molecule has 0 bridgehead atoms. The van der Waals surface area contributed by atoms with Crippen molar-refractivity contribution in [2.45, 2.75) is 64.7 Å². The van der Waals surface area contributed by atoms with Crippen LogP contribution in [0.1, 0.15) is 58.3 Å². The Hall–Kier alpha value is -2.24. The molecule has 2 aromatic rings. The molecular formula is C25H33N3O2. The van der Waals surface area contributed by atoms with Gasteiger partial charge in [0.1, 0.15) is 0 Å². The lowest BCUT2D eigenvalue weighted by molar-refractivity contribution is -0.0764. The van der Waals surface area contributed by atoms with Crippen LogP contribution in [0.15, 0.2) is 36.7 Å². The number of likely N-dealkylation sites (tertiary alicyclic amines) is 1. The van der Waals surface area contributed by atoms with Crippen molar-refractivity contribution in [1.29, 1.82) is 0 Å². The van der Waals surface area contributed by atoms with Crippen LogP contribution in [0.2, 0.25) is 0 Å². The van der Waals surface area contributed by atoms with Gasteiger partial charge in [-0.1, -0.05) is 12.1 Å². The molecule has 1 aromatic heterocycles. The number of nitrogens with zero attached hydrogens (tertiary/aromatic N) is 2. The predicted molar refractivity (Wildman–Crippen MR) is 119 cm³/mol. The van der Waals surface area contributed by atoms with Crippen LogP contribution in [0.5, 0.6) is 0 Å². The smallest absolute Gasteiger partial charge is 0.252 e. The van der Waals surface area contributed by atoms with Crippen molar-refractivity contribution in [3.05, 3.63) is 64.5 Å². The highest BCUT2D eigenvalue weighted by atomic mass is 16.5. The Morgan fingerprint density at radius 3 is 2.67 bits per heavy atom. The number of amides is 1. The molecule has 2 saturated heterocycles. The van der Waals surface area contributed by atoms with E-state index in [1.54, 1.807) is 24.5 Å². The predicted octanol–water partition coefficient (Wildman–Crippen LogP) is 3.95. The first-order chi connectivity index (χ1) is 14.4. The number of aryl methyl sites for hydroxylation is 3. The molecule has 0 saturated carbocycles. The van der Waals surface area contributed by atoms with Gasteiger partial charge in [-0.25, -0.2) is 0 Å². The molecular weight excluding hydrogens is 374 g/mol. The minimum atomic E-state index is -0.0776. The molecule has 5 heteroatoms. The van der Waals surface area contributed by atoms with Gasteiger partial charge in [0.15, 0.2) is 0 Å². The average Bonchev–Trinajstić information content (AvgIpc) is 3.15. The van der Waals surface area contributed by atoms with E-state index in [-0.39, 0.29) is 17.6 Å². The van der Waals surface area contributed by atoms with Gasteiger partial charge in [0.05, 0.1) is 17.3 Å². The van der Waals surface area contributed by atoms with Crippen LogP contribution in [0, 0.1) is 20.8 Å². The average molecular weight is 408 g/mol. The summed E-state index contributed by atoms with van der Waals surface area (Å²) in [4.78, 5) is 18.8. The van der Waals surface area contributed by atoms with Crippen LogP contribution >= 0.6 is 0 Å². The summed E-state index contributed by atoms with van der Waals surface area (Å²) < 4.78 is 6.48. The van der Waals surface area contributed by atoms with Crippen LogP contribution in [0.3, 0.4) is 0 Å². The van der Waals surface area contributed by atoms with Gasteiger partial charge < -0.3 is 10.1 Å². The molecule has 2 aliphatic rings. The fraction of sp³-hybridized carbons (Fsp3) is 0.520. The van der Waals surface area contributed by atoms with E-state index in [0.717, 1.165) is 45.3 Å². The third-order valence-corrected chi connectivity index (χ3v) is 6.87. The summed E-state index contributed by atoms with van der Waals surface area (Å²) >= 11 is 0. The van der Waals surface area contributed by atoms with Gasteiger partial charge in [-0.3, -0.25) is 14.7 Å². The molecule has 1 unspecified atom stereocenters. The third kappa shape index (κ3) is 4.73. The summed E-state index contributed by atoms with van der Waals surface area (Å²) in [5.74, 6) is -0.0776. The molecule has 1 N–H and O–H groups in total. The Bertz CT molecular complexity index is 889. The van der Waals surface area contributed by atoms with E-state index in [4.69, 9.17) is 4.74 Å². The van der Waals surface area contributed by atoms with Crippen LogP contribution in [0.25, 0.3) is 0 Å². The molecule has 5 nitrogen and oxygen atoms in total. The molecule has 2 aliphatic heterocycles. The van der Waals surface area contributed by atoms with E-state index >= 15 is 0 Å². The van der Waals surface area contributed by atoms with E-state index in [0.29, 0.717) is 12.1 Å². The fourth-order valence-corrected chi connectivity index (χ4v) is 4.76. The number of carbonyl (C=O) groups is 1. The first kappa shape index (κ1) is 21.0. The number of aromatic nitrogens is 1. The van der Waals surface area contributed by atoms with Crippen molar-refractivity contribution in [2.75, 3.05) is 19.6 Å². The lowest BCUT2D eigenvalue weighted by Gasteiger charge is -2.39. The van der Waals surface area contributed by atoms with Gasteiger partial charge >= 0.3 is 0 Å². The summed E-state index contributed by atoms with van der Waals surface area (Å²) in [6, 6.07) is 8.22. The van der Waals surface area contributed by atoms with Crippen molar-refractivity contribution in [3.8, 4) is 0 Å². The topological polar surface area (TPSA) is 54.5 Å². The molecule has 1 aromatic carbocycles. The summed E-state index contributed by atoms with van der Waals surface area (Å²) in [6.45, 7) is 10.3. The molecule has 3 heterocycles. The fourth-order valence-electron chi connectivity index (χ4n) is 4.76. The number of rotatable bonds is 5. The zero-order valence-corrected chi connectivity index (χ0v) is 18.4. The molecule has 0 radical (unpaired) electrons. The SMILES string of the molecule is Cc1cc(C)c(CN2CCC3(CCC(CNC(=O)c4cccnc4)O3)CC2)cc1C. The lowest BCUT2D eigenvalue weighted by Crippen LogP contribution is -2.45. The van der Waals surface area contributed by atoms with Gasteiger partial charge in [0.2, 0.25) is 0 Å². The number of piperidine rings is 1. The highest BCUT2D eigenvalue weighted by Gasteiger charge is 2.42. The first-order valence-electron chi connectivity index (χ1n) is 11.1. The zero-order valence-electron chi connectivity index (χ0n) is 18.4. The van der Waals surface area contributed by atoms with Gasteiger partial charge in [-0.15, -0.1) is 0 Å². The van der Waals surface area contributed by atoms with Crippen molar-refractivity contribution >= 4 is 5.91 Å². The van der Waals surface area contributed by atoms with Crippen LogP contribution < -0.4 is 5.32 Å². The maximum absolute atomic E-state index is 12.2. The lowest BCUT2D eigenvalue weighted by atomic mass is 9.88. The Kier molecular flexibility index (Phi) is 6.21. The molecule has 1 amide bonds. The molecule has 160 valence electrons. The van der Waals surface area contributed by atoms with Gasteiger partial charge in [0.25, 0.3) is 5.91 Å². The van der Waals surface area contributed by atoms with Crippen molar-refractivity contribution in [3.63, 3.8) is 0 Å². The number of hydrogen-bond donors (Lipinski definition) is 1. The summed E-state index contributed by atoms with van der Waals surface area (Å²) in [6.07, 6.45) is 7.64. The van der Waals surface area contributed by atoms with E-state index in [9.17, 15) is 4.79 Å². The number of carbonyl (C=O) groups excluding carboxylic acids is 1. The molecule has 4 rings (SSSR count). The molecule has 30 heavy (non-hydrogen) atoms.